The van der Waals surface area contributed by atoms with Crippen molar-refractivity contribution in [1.82, 2.24) is 5.32 Å². The van der Waals surface area contributed by atoms with Crippen LogP contribution in [0.5, 0.6) is 0 Å². The Bertz CT molecular complexity index is 142. The third kappa shape index (κ3) is 4.36. The van der Waals surface area contributed by atoms with Crippen LogP contribution in [0.3, 0.4) is 0 Å². The normalized spacial score (nSPS) is 29.2. The summed E-state index contributed by atoms with van der Waals surface area (Å²) >= 11 is 2.26. The van der Waals surface area contributed by atoms with Crippen LogP contribution in [-0.4, -0.2) is 24.1 Å². The molecule has 2 aliphatic rings. The second-order valence-electron chi connectivity index (χ2n) is 5.13. The van der Waals surface area contributed by atoms with Crippen LogP contribution >= 0.6 is 11.8 Å². The maximum Gasteiger partial charge on any atom is 0.00470 e. The van der Waals surface area contributed by atoms with Crippen LogP contribution in [0.25, 0.3) is 0 Å². The van der Waals surface area contributed by atoms with Crippen LogP contribution < -0.4 is 5.32 Å². The van der Waals surface area contributed by atoms with E-state index < -0.39 is 0 Å². The molecule has 0 aromatic heterocycles. The monoisotopic (exact) mass is 227 g/mol. The van der Waals surface area contributed by atoms with Gasteiger partial charge in [0.1, 0.15) is 0 Å². The van der Waals surface area contributed by atoms with Gasteiger partial charge >= 0.3 is 0 Å². The van der Waals surface area contributed by atoms with Crippen molar-refractivity contribution in [3.05, 3.63) is 0 Å². The zero-order valence-corrected chi connectivity index (χ0v) is 10.7. The third-order valence-electron chi connectivity index (χ3n) is 3.83. The van der Waals surface area contributed by atoms with E-state index in [1.807, 2.05) is 0 Å². The van der Waals surface area contributed by atoms with Crippen molar-refractivity contribution in [3.8, 4) is 0 Å². The molecule has 1 aliphatic heterocycles. The number of rotatable bonds is 4. The maximum atomic E-state index is 3.51. The molecule has 1 nitrogen and oxygen atoms in total. The summed E-state index contributed by atoms with van der Waals surface area (Å²) in [6.07, 6.45) is 11.8. The predicted octanol–water partition coefficient (Wildman–Crippen LogP) is 3.44. The average Bonchev–Trinajstić information content (AvgIpc) is 2.32. The number of hydrogen-bond donors (Lipinski definition) is 1. The second kappa shape index (κ2) is 6.80. The van der Waals surface area contributed by atoms with Gasteiger partial charge in [0, 0.05) is 5.25 Å². The van der Waals surface area contributed by atoms with Crippen molar-refractivity contribution < 1.29 is 0 Å². The van der Waals surface area contributed by atoms with Crippen LogP contribution in [0.15, 0.2) is 0 Å². The van der Waals surface area contributed by atoms with E-state index in [0.29, 0.717) is 0 Å². The molecule has 2 rings (SSSR count). The molecule has 1 heterocycles. The van der Waals surface area contributed by atoms with E-state index in [1.54, 1.807) is 0 Å². The Morgan fingerprint density at radius 2 is 1.87 bits per heavy atom. The number of piperidine rings is 1. The van der Waals surface area contributed by atoms with Gasteiger partial charge in [-0.2, -0.15) is 11.8 Å². The highest BCUT2D eigenvalue weighted by molar-refractivity contribution is 7.99. The molecule has 1 aliphatic carbocycles. The minimum absolute atomic E-state index is 0.981. The number of thioether (sulfide) groups is 1. The Morgan fingerprint density at radius 1 is 1.00 bits per heavy atom. The van der Waals surface area contributed by atoms with Crippen molar-refractivity contribution in [1.29, 1.82) is 0 Å². The molecule has 0 bridgehead atoms. The summed E-state index contributed by atoms with van der Waals surface area (Å²) in [6.45, 7) is 2.54. The van der Waals surface area contributed by atoms with Gasteiger partial charge in [-0.25, -0.2) is 0 Å². The van der Waals surface area contributed by atoms with Crippen LogP contribution in [0, 0.1) is 5.92 Å². The minimum atomic E-state index is 0.981. The molecular weight excluding hydrogens is 202 g/mol. The second-order valence-corrected chi connectivity index (χ2v) is 6.54. The molecule has 2 fully saturated rings. The van der Waals surface area contributed by atoms with E-state index in [1.165, 1.54) is 70.2 Å². The van der Waals surface area contributed by atoms with Crippen LogP contribution in [0.1, 0.15) is 51.4 Å². The first-order valence-electron chi connectivity index (χ1n) is 6.77. The van der Waals surface area contributed by atoms with Gasteiger partial charge < -0.3 is 5.32 Å². The quantitative estimate of drug-likeness (QED) is 0.789. The van der Waals surface area contributed by atoms with Gasteiger partial charge in [-0.1, -0.05) is 19.3 Å². The Kier molecular flexibility index (Phi) is 5.34. The van der Waals surface area contributed by atoms with Gasteiger partial charge in [0.25, 0.3) is 0 Å². The van der Waals surface area contributed by atoms with E-state index in [9.17, 15) is 0 Å². The summed E-state index contributed by atoms with van der Waals surface area (Å²) in [7, 11) is 0. The lowest BCUT2D eigenvalue weighted by atomic mass is 9.97. The predicted molar refractivity (Wildman–Crippen MR) is 69.5 cm³/mol. The number of nitrogens with one attached hydrogen (secondary N) is 1. The lowest BCUT2D eigenvalue weighted by Gasteiger charge is -2.25. The maximum absolute atomic E-state index is 3.51. The molecule has 2 heteroatoms. The van der Waals surface area contributed by atoms with Crippen molar-refractivity contribution in [3.63, 3.8) is 0 Å². The van der Waals surface area contributed by atoms with Crippen LogP contribution in [0.4, 0.5) is 0 Å². The summed E-state index contributed by atoms with van der Waals surface area (Å²) in [5.41, 5.74) is 0. The van der Waals surface area contributed by atoms with Gasteiger partial charge in [-0.15, -0.1) is 0 Å². The molecule has 0 aromatic rings. The van der Waals surface area contributed by atoms with Gasteiger partial charge in [-0.3, -0.25) is 0 Å². The zero-order valence-electron chi connectivity index (χ0n) is 9.84. The standard InChI is InChI=1S/C13H25NS/c1-2-6-13(7-3-1)15-10-8-12-5-4-9-14-11-12/h12-14H,1-11H2. The molecule has 1 unspecified atom stereocenters. The highest BCUT2D eigenvalue weighted by Crippen LogP contribution is 2.29. The first kappa shape index (κ1) is 11.8. The molecule has 1 saturated heterocycles. The molecule has 0 amide bonds. The summed E-state index contributed by atoms with van der Waals surface area (Å²) in [4.78, 5) is 0. The summed E-state index contributed by atoms with van der Waals surface area (Å²) in [5.74, 6) is 2.40. The van der Waals surface area contributed by atoms with Gasteiger partial charge in [-0.05, 0) is 56.9 Å². The number of hydrogen-bond acceptors (Lipinski definition) is 2. The van der Waals surface area contributed by atoms with Crippen molar-refractivity contribution in [2.24, 2.45) is 5.92 Å². The molecule has 0 radical (unpaired) electrons. The fourth-order valence-corrected chi connectivity index (χ4v) is 4.27. The lowest BCUT2D eigenvalue weighted by Crippen LogP contribution is -2.30. The van der Waals surface area contributed by atoms with E-state index in [4.69, 9.17) is 0 Å². The smallest absolute Gasteiger partial charge is 0.00470 e. The molecule has 1 atom stereocenters. The van der Waals surface area contributed by atoms with Gasteiger partial charge in [0.05, 0.1) is 0 Å². The van der Waals surface area contributed by atoms with E-state index >= 15 is 0 Å². The highest BCUT2D eigenvalue weighted by Gasteiger charge is 2.16. The molecule has 1 N–H and O–H groups in total. The van der Waals surface area contributed by atoms with Crippen LogP contribution in [-0.2, 0) is 0 Å². The van der Waals surface area contributed by atoms with E-state index in [0.717, 1.165) is 11.2 Å². The molecule has 1 saturated carbocycles. The Morgan fingerprint density at radius 3 is 2.60 bits per heavy atom. The van der Waals surface area contributed by atoms with Crippen LogP contribution in [0.2, 0.25) is 0 Å². The Labute approximate surface area is 98.8 Å². The van der Waals surface area contributed by atoms with Gasteiger partial charge in [0.2, 0.25) is 0 Å². The summed E-state index contributed by atoms with van der Waals surface area (Å²) in [5, 5.41) is 4.52. The zero-order chi connectivity index (χ0) is 10.3. The molecule has 0 spiro atoms. The molecule has 15 heavy (non-hydrogen) atoms. The SMILES string of the molecule is C1CCC(SCCC2CCCNC2)CC1. The minimum Gasteiger partial charge on any atom is -0.316 e. The van der Waals surface area contributed by atoms with E-state index in [-0.39, 0.29) is 0 Å². The summed E-state index contributed by atoms with van der Waals surface area (Å²) < 4.78 is 0. The fraction of sp³-hybridized carbons (Fsp3) is 1.00. The van der Waals surface area contributed by atoms with E-state index in [2.05, 4.69) is 17.1 Å². The molecule has 88 valence electrons. The molecular formula is C13H25NS. The lowest BCUT2D eigenvalue weighted by molar-refractivity contribution is 0.370. The highest BCUT2D eigenvalue weighted by atomic mass is 32.2. The first-order chi connectivity index (χ1) is 7.45. The Balaban J connectivity index is 1.53. The third-order valence-corrected chi connectivity index (χ3v) is 5.25. The van der Waals surface area contributed by atoms with Gasteiger partial charge in [0.15, 0.2) is 0 Å². The van der Waals surface area contributed by atoms with Crippen molar-refractivity contribution in [2.75, 3.05) is 18.8 Å². The fourth-order valence-electron chi connectivity index (χ4n) is 2.80. The molecule has 0 aromatic carbocycles. The summed E-state index contributed by atoms with van der Waals surface area (Å²) in [6, 6.07) is 0. The van der Waals surface area contributed by atoms with Crippen molar-refractivity contribution in [2.45, 2.75) is 56.6 Å². The largest absolute Gasteiger partial charge is 0.316 e. The Hall–Kier alpha value is 0.310. The first-order valence-corrected chi connectivity index (χ1v) is 7.82. The van der Waals surface area contributed by atoms with Crippen molar-refractivity contribution >= 4 is 11.8 Å². The average molecular weight is 227 g/mol. The topological polar surface area (TPSA) is 12.0 Å².